The smallest absolute Gasteiger partial charge is 0.233 e. The highest BCUT2D eigenvalue weighted by Gasteiger charge is 2.37. The van der Waals surface area contributed by atoms with E-state index in [9.17, 15) is 4.79 Å². The van der Waals surface area contributed by atoms with E-state index in [0.717, 1.165) is 43.7 Å². The molecule has 2 unspecified atom stereocenters. The molecule has 120 valence electrons. The minimum atomic E-state index is 0.270. The number of hydrogen-bond acceptors (Lipinski definition) is 3. The van der Waals surface area contributed by atoms with Gasteiger partial charge in [-0.3, -0.25) is 4.79 Å². The quantitative estimate of drug-likeness (QED) is 0.892. The number of carbonyl (C=O) groups excluding carboxylic acids is 1. The second-order valence-electron chi connectivity index (χ2n) is 5.91. The fourth-order valence-corrected chi connectivity index (χ4v) is 4.80. The molecular weight excluding hydrogens is 339 g/mol. The highest BCUT2D eigenvalue weighted by molar-refractivity contribution is 7.99. The van der Waals surface area contributed by atoms with Gasteiger partial charge in [0, 0.05) is 34.4 Å². The van der Waals surface area contributed by atoms with Crippen LogP contribution in [0.2, 0.25) is 10.0 Å². The van der Waals surface area contributed by atoms with Gasteiger partial charge in [0.25, 0.3) is 0 Å². The largest absolute Gasteiger partial charge is 0.335 e. The maximum atomic E-state index is 12.6. The predicted octanol–water partition coefficient (Wildman–Crippen LogP) is 3.58. The molecule has 2 aliphatic heterocycles. The SMILES string of the molecule is O=C(CSCc1ccc(Cl)cc1Cl)N1C2CCNCC1CC2. The van der Waals surface area contributed by atoms with Crippen molar-refractivity contribution in [3.8, 4) is 0 Å². The molecule has 3 nitrogen and oxygen atoms in total. The summed E-state index contributed by atoms with van der Waals surface area (Å²) in [5.41, 5.74) is 1.03. The van der Waals surface area contributed by atoms with E-state index in [-0.39, 0.29) is 5.91 Å². The molecule has 2 heterocycles. The Hall–Kier alpha value is -0.420. The molecule has 2 aliphatic rings. The van der Waals surface area contributed by atoms with Gasteiger partial charge in [-0.2, -0.15) is 0 Å². The number of thioether (sulfide) groups is 1. The van der Waals surface area contributed by atoms with Gasteiger partial charge in [0.1, 0.15) is 0 Å². The van der Waals surface area contributed by atoms with Gasteiger partial charge in [0.15, 0.2) is 0 Å². The number of fused-ring (bicyclic) bond motifs is 2. The number of halogens is 2. The number of nitrogens with one attached hydrogen (secondary N) is 1. The van der Waals surface area contributed by atoms with Crippen molar-refractivity contribution in [3.05, 3.63) is 33.8 Å². The fourth-order valence-electron chi connectivity index (χ4n) is 3.35. The molecule has 0 spiro atoms. The second kappa shape index (κ2) is 7.43. The molecule has 22 heavy (non-hydrogen) atoms. The average molecular weight is 359 g/mol. The van der Waals surface area contributed by atoms with Gasteiger partial charge >= 0.3 is 0 Å². The third-order valence-corrected chi connectivity index (χ3v) is 5.99. The lowest BCUT2D eigenvalue weighted by molar-refractivity contribution is -0.130. The highest BCUT2D eigenvalue weighted by atomic mass is 35.5. The van der Waals surface area contributed by atoms with Crippen LogP contribution in [0.3, 0.4) is 0 Å². The van der Waals surface area contributed by atoms with Crippen molar-refractivity contribution in [2.75, 3.05) is 18.8 Å². The van der Waals surface area contributed by atoms with Gasteiger partial charge in [-0.1, -0.05) is 29.3 Å². The van der Waals surface area contributed by atoms with Crippen molar-refractivity contribution in [1.82, 2.24) is 10.2 Å². The fraction of sp³-hybridized carbons (Fsp3) is 0.562. The summed E-state index contributed by atoms with van der Waals surface area (Å²) in [6.45, 7) is 1.97. The molecule has 0 radical (unpaired) electrons. The van der Waals surface area contributed by atoms with Crippen LogP contribution in [0, 0.1) is 0 Å². The summed E-state index contributed by atoms with van der Waals surface area (Å²) in [5.74, 6) is 1.53. The normalized spacial score (nSPS) is 24.4. The van der Waals surface area contributed by atoms with E-state index in [4.69, 9.17) is 23.2 Å². The summed E-state index contributed by atoms with van der Waals surface area (Å²) in [4.78, 5) is 14.7. The number of amides is 1. The zero-order valence-electron chi connectivity index (χ0n) is 12.4. The lowest BCUT2D eigenvalue weighted by Crippen LogP contribution is -2.43. The molecule has 1 amide bonds. The topological polar surface area (TPSA) is 32.3 Å². The van der Waals surface area contributed by atoms with E-state index in [0.29, 0.717) is 27.9 Å². The predicted molar refractivity (Wildman–Crippen MR) is 93.8 cm³/mol. The molecule has 2 saturated heterocycles. The number of rotatable bonds is 4. The van der Waals surface area contributed by atoms with E-state index < -0.39 is 0 Å². The summed E-state index contributed by atoms with van der Waals surface area (Å²) in [6, 6.07) is 6.35. The molecule has 3 rings (SSSR count). The van der Waals surface area contributed by atoms with Crippen molar-refractivity contribution in [1.29, 1.82) is 0 Å². The Balaban J connectivity index is 1.54. The molecule has 6 heteroatoms. The van der Waals surface area contributed by atoms with E-state index in [1.165, 1.54) is 0 Å². The first-order valence-electron chi connectivity index (χ1n) is 7.68. The van der Waals surface area contributed by atoms with Gasteiger partial charge in [0.2, 0.25) is 5.91 Å². The van der Waals surface area contributed by atoms with Crippen LogP contribution in [0.15, 0.2) is 18.2 Å². The van der Waals surface area contributed by atoms with Crippen LogP contribution < -0.4 is 5.32 Å². The molecule has 1 aromatic carbocycles. The summed E-state index contributed by atoms with van der Waals surface area (Å²) in [6.07, 6.45) is 3.37. The second-order valence-corrected chi connectivity index (χ2v) is 7.74. The zero-order chi connectivity index (χ0) is 15.5. The molecule has 2 atom stereocenters. The molecule has 1 aromatic rings. The number of carbonyl (C=O) groups is 1. The van der Waals surface area contributed by atoms with Gasteiger partial charge in [-0.25, -0.2) is 0 Å². The molecule has 0 aromatic heterocycles. The third kappa shape index (κ3) is 3.73. The Morgan fingerprint density at radius 3 is 2.91 bits per heavy atom. The monoisotopic (exact) mass is 358 g/mol. The minimum Gasteiger partial charge on any atom is -0.335 e. The minimum absolute atomic E-state index is 0.270. The maximum Gasteiger partial charge on any atom is 0.233 e. The zero-order valence-corrected chi connectivity index (χ0v) is 14.7. The molecule has 2 fully saturated rings. The molecule has 0 saturated carbocycles. The average Bonchev–Trinajstić information content (AvgIpc) is 2.74. The van der Waals surface area contributed by atoms with Gasteiger partial charge in [-0.05, 0) is 43.5 Å². The Bertz CT molecular complexity index is 541. The van der Waals surface area contributed by atoms with Crippen LogP contribution in [-0.2, 0) is 10.5 Å². The first-order chi connectivity index (χ1) is 10.6. The lowest BCUT2D eigenvalue weighted by atomic mass is 10.1. The Kier molecular flexibility index (Phi) is 5.55. The summed E-state index contributed by atoms with van der Waals surface area (Å²) in [7, 11) is 0. The summed E-state index contributed by atoms with van der Waals surface area (Å²) in [5, 5.41) is 4.74. The van der Waals surface area contributed by atoms with E-state index in [1.807, 2.05) is 12.1 Å². The van der Waals surface area contributed by atoms with Crippen molar-refractivity contribution in [2.24, 2.45) is 0 Å². The van der Waals surface area contributed by atoms with Crippen LogP contribution >= 0.6 is 35.0 Å². The molecule has 2 bridgehead atoms. The van der Waals surface area contributed by atoms with Crippen molar-refractivity contribution >= 4 is 40.9 Å². The van der Waals surface area contributed by atoms with Crippen LogP contribution in [0.1, 0.15) is 24.8 Å². The number of benzene rings is 1. The van der Waals surface area contributed by atoms with Crippen LogP contribution in [0.5, 0.6) is 0 Å². The number of nitrogens with zero attached hydrogens (tertiary/aromatic N) is 1. The Labute approximate surface area is 145 Å². The van der Waals surface area contributed by atoms with E-state index in [2.05, 4.69) is 10.2 Å². The first kappa shape index (κ1) is 16.4. The van der Waals surface area contributed by atoms with Crippen molar-refractivity contribution in [2.45, 2.75) is 37.1 Å². The summed E-state index contributed by atoms with van der Waals surface area (Å²) >= 11 is 13.7. The van der Waals surface area contributed by atoms with Crippen molar-refractivity contribution in [3.63, 3.8) is 0 Å². The third-order valence-electron chi connectivity index (χ3n) is 4.44. The Morgan fingerprint density at radius 2 is 2.09 bits per heavy atom. The first-order valence-corrected chi connectivity index (χ1v) is 9.60. The standard InChI is InChI=1S/C16H20Cl2N2OS/c17-12-2-1-11(15(18)7-12)9-22-10-16(21)20-13-3-4-14(20)8-19-6-5-13/h1-2,7,13-14,19H,3-6,8-10H2. The van der Waals surface area contributed by atoms with Crippen LogP contribution in [-0.4, -0.2) is 41.7 Å². The number of hydrogen-bond donors (Lipinski definition) is 1. The molecular formula is C16H20Cl2N2OS. The molecule has 1 N–H and O–H groups in total. The van der Waals surface area contributed by atoms with Crippen molar-refractivity contribution < 1.29 is 4.79 Å². The van der Waals surface area contributed by atoms with Crippen LogP contribution in [0.25, 0.3) is 0 Å². The lowest BCUT2D eigenvalue weighted by Gasteiger charge is -2.27. The summed E-state index contributed by atoms with van der Waals surface area (Å²) < 4.78 is 0. The van der Waals surface area contributed by atoms with E-state index >= 15 is 0 Å². The van der Waals surface area contributed by atoms with Gasteiger partial charge < -0.3 is 10.2 Å². The van der Waals surface area contributed by atoms with E-state index in [1.54, 1.807) is 17.8 Å². The van der Waals surface area contributed by atoms with Gasteiger partial charge in [0.05, 0.1) is 5.75 Å². The van der Waals surface area contributed by atoms with Crippen LogP contribution in [0.4, 0.5) is 0 Å². The Morgan fingerprint density at radius 1 is 1.27 bits per heavy atom. The molecule has 0 aliphatic carbocycles. The van der Waals surface area contributed by atoms with Gasteiger partial charge in [-0.15, -0.1) is 11.8 Å². The highest BCUT2D eigenvalue weighted by Crippen LogP contribution is 2.29. The maximum absolute atomic E-state index is 12.6.